The van der Waals surface area contributed by atoms with Gasteiger partial charge in [0.15, 0.2) is 0 Å². The van der Waals surface area contributed by atoms with Gasteiger partial charge in [-0.25, -0.2) is 14.4 Å². The van der Waals surface area contributed by atoms with E-state index in [4.69, 9.17) is 4.74 Å². The molecule has 0 aliphatic carbocycles. The van der Waals surface area contributed by atoms with E-state index < -0.39 is 0 Å². The second kappa shape index (κ2) is 6.95. The maximum absolute atomic E-state index is 13.2. The van der Waals surface area contributed by atoms with Crippen LogP contribution in [0.1, 0.15) is 42.2 Å². The Kier molecular flexibility index (Phi) is 4.74. The standard InChI is InChI=1S/C18H20FN3O2/c1-12(2)17-16(9-20-11-21-17)18(23)22-7-6-15(10-22)24-14-5-3-4-13(19)8-14/h3-5,8-9,11-12,15H,6-7,10H2,1-2H3. The molecule has 0 N–H and O–H groups in total. The minimum absolute atomic E-state index is 0.0790. The molecule has 2 heterocycles. The maximum Gasteiger partial charge on any atom is 0.257 e. The molecule has 1 atom stereocenters. The van der Waals surface area contributed by atoms with E-state index in [0.29, 0.717) is 30.8 Å². The molecule has 0 spiro atoms. The highest BCUT2D eigenvalue weighted by atomic mass is 19.1. The topological polar surface area (TPSA) is 55.3 Å². The number of aromatic nitrogens is 2. The summed E-state index contributed by atoms with van der Waals surface area (Å²) in [4.78, 5) is 22.7. The first-order valence-electron chi connectivity index (χ1n) is 8.06. The summed E-state index contributed by atoms with van der Waals surface area (Å²) in [6.07, 6.45) is 3.62. The van der Waals surface area contributed by atoms with Crippen LogP contribution in [0.15, 0.2) is 36.8 Å². The van der Waals surface area contributed by atoms with Crippen LogP contribution in [0.3, 0.4) is 0 Å². The van der Waals surface area contributed by atoms with E-state index >= 15 is 0 Å². The molecule has 1 aromatic heterocycles. The Morgan fingerprint density at radius 2 is 2.25 bits per heavy atom. The number of hydrogen-bond acceptors (Lipinski definition) is 4. The minimum atomic E-state index is -0.332. The number of likely N-dealkylation sites (tertiary alicyclic amines) is 1. The molecular formula is C18H20FN3O2. The van der Waals surface area contributed by atoms with Gasteiger partial charge in [-0.2, -0.15) is 0 Å². The van der Waals surface area contributed by atoms with E-state index in [1.165, 1.54) is 18.5 Å². The normalized spacial score (nSPS) is 17.3. The van der Waals surface area contributed by atoms with Crippen molar-refractivity contribution in [2.75, 3.05) is 13.1 Å². The highest BCUT2D eigenvalue weighted by molar-refractivity contribution is 5.95. The van der Waals surface area contributed by atoms with Gasteiger partial charge in [0.05, 0.1) is 17.8 Å². The first-order chi connectivity index (χ1) is 11.5. The van der Waals surface area contributed by atoms with Gasteiger partial charge >= 0.3 is 0 Å². The van der Waals surface area contributed by atoms with Crippen LogP contribution in [0.25, 0.3) is 0 Å². The van der Waals surface area contributed by atoms with E-state index in [2.05, 4.69) is 9.97 Å². The fourth-order valence-electron chi connectivity index (χ4n) is 2.88. The first kappa shape index (κ1) is 16.4. The summed E-state index contributed by atoms with van der Waals surface area (Å²) in [6.45, 7) is 5.07. The van der Waals surface area contributed by atoms with E-state index in [1.54, 1.807) is 23.2 Å². The van der Waals surface area contributed by atoms with Crippen molar-refractivity contribution in [2.24, 2.45) is 0 Å². The largest absolute Gasteiger partial charge is 0.488 e. The molecule has 126 valence electrons. The molecule has 1 aromatic carbocycles. The van der Waals surface area contributed by atoms with Crippen molar-refractivity contribution in [3.8, 4) is 5.75 Å². The number of nitrogens with zero attached hydrogens (tertiary/aromatic N) is 3. The van der Waals surface area contributed by atoms with Crippen LogP contribution in [0.2, 0.25) is 0 Å². The molecule has 0 radical (unpaired) electrons. The molecule has 1 unspecified atom stereocenters. The lowest BCUT2D eigenvalue weighted by Crippen LogP contribution is -2.32. The van der Waals surface area contributed by atoms with E-state index in [0.717, 1.165) is 5.69 Å². The number of hydrogen-bond donors (Lipinski definition) is 0. The average molecular weight is 329 g/mol. The molecule has 24 heavy (non-hydrogen) atoms. The molecule has 3 rings (SSSR count). The number of benzene rings is 1. The zero-order chi connectivity index (χ0) is 17.1. The predicted molar refractivity (Wildman–Crippen MR) is 87.5 cm³/mol. The summed E-state index contributed by atoms with van der Waals surface area (Å²) in [5.74, 6) is 0.222. The zero-order valence-corrected chi connectivity index (χ0v) is 13.8. The average Bonchev–Trinajstić information content (AvgIpc) is 3.02. The Morgan fingerprint density at radius 3 is 3.00 bits per heavy atom. The Balaban J connectivity index is 1.68. The molecule has 1 aliphatic rings. The van der Waals surface area contributed by atoms with Crippen LogP contribution < -0.4 is 4.74 Å². The third-order valence-corrected chi connectivity index (χ3v) is 4.05. The van der Waals surface area contributed by atoms with Gasteiger partial charge < -0.3 is 9.64 Å². The van der Waals surface area contributed by atoms with Gasteiger partial charge in [-0.3, -0.25) is 4.79 Å². The van der Waals surface area contributed by atoms with Crippen molar-refractivity contribution in [1.82, 2.24) is 14.9 Å². The number of halogens is 1. The molecular weight excluding hydrogens is 309 g/mol. The maximum atomic E-state index is 13.2. The molecule has 1 fully saturated rings. The molecule has 1 saturated heterocycles. The van der Waals surface area contributed by atoms with Gasteiger partial charge in [0.2, 0.25) is 0 Å². The van der Waals surface area contributed by atoms with Gasteiger partial charge in [-0.1, -0.05) is 19.9 Å². The molecule has 0 bridgehead atoms. The van der Waals surface area contributed by atoms with Gasteiger partial charge in [0.25, 0.3) is 5.91 Å². The monoisotopic (exact) mass is 329 g/mol. The van der Waals surface area contributed by atoms with Crippen LogP contribution in [0, 0.1) is 5.82 Å². The summed E-state index contributed by atoms with van der Waals surface area (Å²) >= 11 is 0. The fourth-order valence-corrected chi connectivity index (χ4v) is 2.88. The van der Waals surface area contributed by atoms with Crippen LogP contribution >= 0.6 is 0 Å². The second-order valence-corrected chi connectivity index (χ2v) is 6.21. The quantitative estimate of drug-likeness (QED) is 0.865. The van der Waals surface area contributed by atoms with Gasteiger partial charge in [0.1, 0.15) is 24.0 Å². The number of carbonyl (C=O) groups excluding carboxylic acids is 1. The van der Waals surface area contributed by atoms with Crippen LogP contribution in [0.4, 0.5) is 4.39 Å². The number of amides is 1. The third kappa shape index (κ3) is 3.53. The third-order valence-electron chi connectivity index (χ3n) is 4.05. The predicted octanol–water partition coefficient (Wildman–Crippen LogP) is 3.03. The van der Waals surface area contributed by atoms with Gasteiger partial charge in [-0.15, -0.1) is 0 Å². The SMILES string of the molecule is CC(C)c1ncncc1C(=O)N1CCC(Oc2cccc(F)c2)C1. The molecule has 2 aromatic rings. The Hall–Kier alpha value is -2.50. The van der Waals surface area contributed by atoms with E-state index in [1.807, 2.05) is 13.8 Å². The summed E-state index contributed by atoms with van der Waals surface area (Å²) in [6, 6.07) is 6.06. The number of ether oxygens (including phenoxy) is 1. The van der Waals surface area contributed by atoms with Crippen LogP contribution in [-0.2, 0) is 0 Å². The summed E-state index contributed by atoms with van der Waals surface area (Å²) in [7, 11) is 0. The highest BCUT2D eigenvalue weighted by Crippen LogP contribution is 2.23. The Morgan fingerprint density at radius 1 is 1.42 bits per heavy atom. The second-order valence-electron chi connectivity index (χ2n) is 6.21. The van der Waals surface area contributed by atoms with E-state index in [-0.39, 0.29) is 23.7 Å². The fraction of sp³-hybridized carbons (Fsp3) is 0.389. The lowest BCUT2D eigenvalue weighted by molar-refractivity contribution is 0.0769. The van der Waals surface area contributed by atoms with Crippen molar-refractivity contribution in [2.45, 2.75) is 32.3 Å². The number of rotatable bonds is 4. The van der Waals surface area contributed by atoms with Gasteiger partial charge in [0, 0.05) is 25.2 Å². The summed E-state index contributed by atoms with van der Waals surface area (Å²) < 4.78 is 19.0. The minimum Gasteiger partial charge on any atom is -0.488 e. The lowest BCUT2D eigenvalue weighted by atomic mass is 10.0. The first-order valence-corrected chi connectivity index (χ1v) is 8.06. The number of carbonyl (C=O) groups is 1. The lowest BCUT2D eigenvalue weighted by Gasteiger charge is -2.19. The molecule has 1 amide bonds. The van der Waals surface area contributed by atoms with Crippen molar-refractivity contribution in [3.63, 3.8) is 0 Å². The van der Waals surface area contributed by atoms with Crippen molar-refractivity contribution >= 4 is 5.91 Å². The molecule has 0 saturated carbocycles. The molecule has 1 aliphatic heterocycles. The smallest absolute Gasteiger partial charge is 0.257 e. The molecule has 6 heteroatoms. The molecule has 5 nitrogen and oxygen atoms in total. The summed E-state index contributed by atoms with van der Waals surface area (Å²) in [5.41, 5.74) is 1.29. The van der Waals surface area contributed by atoms with Crippen molar-refractivity contribution in [3.05, 3.63) is 53.9 Å². The van der Waals surface area contributed by atoms with Crippen LogP contribution in [0.5, 0.6) is 5.75 Å². The van der Waals surface area contributed by atoms with Crippen molar-refractivity contribution in [1.29, 1.82) is 0 Å². The van der Waals surface area contributed by atoms with Crippen molar-refractivity contribution < 1.29 is 13.9 Å². The zero-order valence-electron chi connectivity index (χ0n) is 13.8. The Labute approximate surface area is 140 Å². The highest BCUT2D eigenvalue weighted by Gasteiger charge is 2.30. The van der Waals surface area contributed by atoms with Gasteiger partial charge in [-0.05, 0) is 18.1 Å². The summed E-state index contributed by atoms with van der Waals surface area (Å²) in [5, 5.41) is 0. The van der Waals surface area contributed by atoms with Crippen LogP contribution in [-0.4, -0.2) is 40.0 Å². The van der Waals surface area contributed by atoms with E-state index in [9.17, 15) is 9.18 Å². The Bertz CT molecular complexity index is 736.